The third kappa shape index (κ3) is 3.34. The second-order valence-electron chi connectivity index (χ2n) is 4.93. The monoisotopic (exact) mass is 252 g/mol. The number of ether oxygens (including phenoxy) is 2. The van der Waals surface area contributed by atoms with Crippen molar-refractivity contribution < 1.29 is 14.3 Å². The zero-order valence-electron chi connectivity index (χ0n) is 10.9. The lowest BCUT2D eigenvalue weighted by Gasteiger charge is -2.25. The standard InChI is InChI=1S/C13H20N2O3/c1-10(8-13(2)17-6-7-18-13)9-15-12(16)11-4-3-5-14-11/h3-5,10,14H,6-9H2,1-2H3,(H,15,16)/t10-/m1/s1. The Morgan fingerprint density at radius 1 is 1.56 bits per heavy atom. The van der Waals surface area contributed by atoms with Gasteiger partial charge in [0.25, 0.3) is 5.91 Å². The van der Waals surface area contributed by atoms with Crippen LogP contribution in [-0.2, 0) is 9.47 Å². The highest BCUT2D eigenvalue weighted by Crippen LogP contribution is 2.26. The van der Waals surface area contributed by atoms with Crippen LogP contribution in [-0.4, -0.2) is 36.4 Å². The van der Waals surface area contributed by atoms with E-state index >= 15 is 0 Å². The van der Waals surface area contributed by atoms with E-state index in [0.29, 0.717) is 31.4 Å². The van der Waals surface area contributed by atoms with E-state index in [4.69, 9.17) is 9.47 Å². The van der Waals surface area contributed by atoms with Crippen molar-refractivity contribution >= 4 is 5.91 Å². The topological polar surface area (TPSA) is 63.4 Å². The van der Waals surface area contributed by atoms with Gasteiger partial charge in [-0.2, -0.15) is 0 Å². The van der Waals surface area contributed by atoms with Gasteiger partial charge in [-0.1, -0.05) is 6.92 Å². The maximum atomic E-state index is 11.7. The van der Waals surface area contributed by atoms with E-state index in [1.54, 1.807) is 18.3 Å². The second-order valence-corrected chi connectivity index (χ2v) is 4.93. The highest BCUT2D eigenvalue weighted by molar-refractivity contribution is 5.92. The van der Waals surface area contributed by atoms with Gasteiger partial charge in [0.1, 0.15) is 5.69 Å². The van der Waals surface area contributed by atoms with Gasteiger partial charge in [0.05, 0.1) is 13.2 Å². The van der Waals surface area contributed by atoms with Crippen LogP contribution in [0.4, 0.5) is 0 Å². The molecule has 1 aliphatic heterocycles. The Kier molecular flexibility index (Phi) is 4.04. The number of H-pyrrole nitrogens is 1. The van der Waals surface area contributed by atoms with Crippen LogP contribution < -0.4 is 5.32 Å². The van der Waals surface area contributed by atoms with Gasteiger partial charge >= 0.3 is 0 Å². The maximum Gasteiger partial charge on any atom is 0.267 e. The molecule has 0 spiro atoms. The van der Waals surface area contributed by atoms with E-state index in [2.05, 4.69) is 17.2 Å². The predicted molar refractivity (Wildman–Crippen MR) is 67.2 cm³/mol. The molecule has 1 saturated heterocycles. The SMILES string of the molecule is C[C@@H](CNC(=O)c1ccc[nH]1)CC1(C)OCCO1. The number of rotatable bonds is 5. The Bertz CT molecular complexity index is 383. The van der Waals surface area contributed by atoms with Gasteiger partial charge in [0, 0.05) is 19.2 Å². The number of nitrogens with one attached hydrogen (secondary N) is 2. The molecule has 2 heterocycles. The van der Waals surface area contributed by atoms with Crippen molar-refractivity contribution in [3.63, 3.8) is 0 Å². The fourth-order valence-electron chi connectivity index (χ4n) is 2.21. The smallest absolute Gasteiger partial charge is 0.267 e. The molecule has 1 aromatic heterocycles. The summed E-state index contributed by atoms with van der Waals surface area (Å²) in [4.78, 5) is 14.6. The van der Waals surface area contributed by atoms with Crippen LogP contribution >= 0.6 is 0 Å². The molecule has 1 amide bonds. The largest absolute Gasteiger partial charge is 0.357 e. The Morgan fingerprint density at radius 2 is 2.28 bits per heavy atom. The summed E-state index contributed by atoms with van der Waals surface area (Å²) >= 11 is 0. The Hall–Kier alpha value is -1.33. The molecule has 5 heteroatoms. The van der Waals surface area contributed by atoms with E-state index in [9.17, 15) is 4.79 Å². The zero-order valence-corrected chi connectivity index (χ0v) is 10.9. The van der Waals surface area contributed by atoms with E-state index in [1.165, 1.54) is 0 Å². The van der Waals surface area contributed by atoms with Crippen molar-refractivity contribution in [1.82, 2.24) is 10.3 Å². The molecule has 0 bridgehead atoms. The zero-order chi connectivity index (χ0) is 13.0. The van der Waals surface area contributed by atoms with E-state index < -0.39 is 5.79 Å². The minimum Gasteiger partial charge on any atom is -0.357 e. The van der Waals surface area contributed by atoms with Crippen molar-refractivity contribution in [3.8, 4) is 0 Å². The summed E-state index contributed by atoms with van der Waals surface area (Å²) in [5.41, 5.74) is 0.585. The number of carbonyl (C=O) groups is 1. The number of aromatic amines is 1. The predicted octanol–water partition coefficient (Wildman–Crippen LogP) is 1.53. The quantitative estimate of drug-likeness (QED) is 0.835. The summed E-state index contributed by atoms with van der Waals surface area (Å²) in [6.45, 7) is 5.94. The lowest BCUT2D eigenvalue weighted by atomic mass is 10.0. The lowest BCUT2D eigenvalue weighted by Crippen LogP contribution is -2.34. The van der Waals surface area contributed by atoms with Gasteiger partial charge in [-0.05, 0) is 25.0 Å². The molecule has 0 unspecified atom stereocenters. The molecule has 1 aromatic rings. The minimum atomic E-state index is -0.490. The fraction of sp³-hybridized carbons (Fsp3) is 0.615. The first-order chi connectivity index (χ1) is 8.59. The second kappa shape index (κ2) is 5.54. The molecule has 0 aliphatic carbocycles. The lowest BCUT2D eigenvalue weighted by molar-refractivity contribution is -0.153. The van der Waals surface area contributed by atoms with E-state index in [-0.39, 0.29) is 5.91 Å². The number of aromatic nitrogens is 1. The van der Waals surface area contributed by atoms with Crippen molar-refractivity contribution in [3.05, 3.63) is 24.0 Å². The number of amides is 1. The van der Waals surface area contributed by atoms with Gasteiger partial charge < -0.3 is 19.8 Å². The Labute approximate surface area is 107 Å². The van der Waals surface area contributed by atoms with Gasteiger partial charge in [-0.3, -0.25) is 4.79 Å². The van der Waals surface area contributed by atoms with Crippen LogP contribution in [0.15, 0.2) is 18.3 Å². The molecular weight excluding hydrogens is 232 g/mol. The van der Waals surface area contributed by atoms with Crippen molar-refractivity contribution in [1.29, 1.82) is 0 Å². The van der Waals surface area contributed by atoms with Crippen molar-refractivity contribution in [2.24, 2.45) is 5.92 Å². The molecule has 2 N–H and O–H groups in total. The van der Waals surface area contributed by atoms with E-state index in [0.717, 1.165) is 6.42 Å². The van der Waals surface area contributed by atoms with Crippen LogP contribution in [0.25, 0.3) is 0 Å². The summed E-state index contributed by atoms with van der Waals surface area (Å²) in [6, 6.07) is 3.56. The van der Waals surface area contributed by atoms with Crippen LogP contribution in [0.3, 0.4) is 0 Å². The summed E-state index contributed by atoms with van der Waals surface area (Å²) in [5.74, 6) is -0.270. The first-order valence-corrected chi connectivity index (χ1v) is 6.28. The summed E-state index contributed by atoms with van der Waals surface area (Å²) in [6.07, 6.45) is 2.51. The van der Waals surface area contributed by atoms with Crippen LogP contribution in [0, 0.1) is 5.92 Å². The van der Waals surface area contributed by atoms with Crippen LogP contribution in [0.2, 0.25) is 0 Å². The molecule has 0 aromatic carbocycles. The Balaban J connectivity index is 1.74. The van der Waals surface area contributed by atoms with Gasteiger partial charge in [-0.25, -0.2) is 0 Å². The Morgan fingerprint density at radius 3 is 2.89 bits per heavy atom. The van der Waals surface area contributed by atoms with Gasteiger partial charge in [-0.15, -0.1) is 0 Å². The highest BCUT2D eigenvalue weighted by atomic mass is 16.7. The molecule has 1 atom stereocenters. The third-order valence-electron chi connectivity index (χ3n) is 3.07. The average molecular weight is 252 g/mol. The normalized spacial score (nSPS) is 19.7. The maximum absolute atomic E-state index is 11.7. The molecule has 18 heavy (non-hydrogen) atoms. The van der Waals surface area contributed by atoms with Crippen molar-refractivity contribution in [2.75, 3.05) is 19.8 Å². The first kappa shape index (κ1) is 13.1. The van der Waals surface area contributed by atoms with Crippen LogP contribution in [0.1, 0.15) is 30.8 Å². The summed E-state index contributed by atoms with van der Waals surface area (Å²) in [7, 11) is 0. The van der Waals surface area contributed by atoms with Gasteiger partial charge in [0.15, 0.2) is 5.79 Å². The number of hydrogen-bond donors (Lipinski definition) is 2. The average Bonchev–Trinajstić information content (AvgIpc) is 2.97. The number of hydrogen-bond acceptors (Lipinski definition) is 3. The first-order valence-electron chi connectivity index (χ1n) is 6.28. The third-order valence-corrected chi connectivity index (χ3v) is 3.07. The molecule has 0 radical (unpaired) electrons. The van der Waals surface area contributed by atoms with E-state index in [1.807, 2.05) is 6.92 Å². The molecule has 1 fully saturated rings. The van der Waals surface area contributed by atoms with Crippen LogP contribution in [0.5, 0.6) is 0 Å². The summed E-state index contributed by atoms with van der Waals surface area (Å²) in [5, 5.41) is 2.89. The molecule has 1 aliphatic rings. The summed E-state index contributed by atoms with van der Waals surface area (Å²) < 4.78 is 11.1. The fourth-order valence-corrected chi connectivity index (χ4v) is 2.21. The number of carbonyl (C=O) groups excluding carboxylic acids is 1. The van der Waals surface area contributed by atoms with Crippen molar-refractivity contribution in [2.45, 2.75) is 26.1 Å². The molecule has 2 rings (SSSR count). The molecule has 5 nitrogen and oxygen atoms in total. The van der Waals surface area contributed by atoms with Gasteiger partial charge in [0.2, 0.25) is 0 Å². The molecular formula is C13H20N2O3. The highest BCUT2D eigenvalue weighted by Gasteiger charge is 2.32. The minimum absolute atomic E-state index is 0.0785. The molecule has 0 saturated carbocycles. The molecule has 100 valence electrons.